The second-order valence-electron chi connectivity index (χ2n) is 4.95. The molecule has 2 atom stereocenters. The van der Waals surface area contributed by atoms with Crippen molar-refractivity contribution in [1.29, 1.82) is 0 Å². The lowest BCUT2D eigenvalue weighted by atomic mass is 10.0. The number of nitrogens with two attached hydrogens (primary N) is 1. The summed E-state index contributed by atoms with van der Waals surface area (Å²) in [5.41, 5.74) is 7.12. The van der Waals surface area contributed by atoms with E-state index >= 15 is 0 Å². The lowest BCUT2D eigenvalue weighted by Gasteiger charge is -2.35. The summed E-state index contributed by atoms with van der Waals surface area (Å²) in [6.07, 6.45) is 1.28. The van der Waals surface area contributed by atoms with Crippen molar-refractivity contribution in [2.24, 2.45) is 5.73 Å². The first-order valence-corrected chi connectivity index (χ1v) is 6.90. The number of rotatable bonds is 4. The van der Waals surface area contributed by atoms with Crippen LogP contribution in [-0.4, -0.2) is 36.6 Å². The predicted octanol–water partition coefficient (Wildman–Crippen LogP) is 1.71. The molecule has 104 valence electrons. The van der Waals surface area contributed by atoms with E-state index in [-0.39, 0.29) is 18.0 Å². The molecule has 0 spiro atoms. The van der Waals surface area contributed by atoms with Crippen LogP contribution >= 0.6 is 0 Å². The van der Waals surface area contributed by atoms with Gasteiger partial charge in [0, 0.05) is 19.0 Å². The zero-order chi connectivity index (χ0) is 13.7. The maximum Gasteiger partial charge on any atom is 0.224 e. The Morgan fingerprint density at radius 2 is 2.21 bits per heavy atom. The normalized spacial score (nSPS) is 21.2. The van der Waals surface area contributed by atoms with Crippen molar-refractivity contribution < 1.29 is 9.53 Å². The van der Waals surface area contributed by atoms with Gasteiger partial charge in [-0.1, -0.05) is 37.3 Å². The third-order valence-electron chi connectivity index (χ3n) is 3.64. The highest BCUT2D eigenvalue weighted by Crippen LogP contribution is 2.18. The fraction of sp³-hybridized carbons (Fsp3) is 0.533. The molecular formula is C15H22N2O2. The van der Waals surface area contributed by atoms with Gasteiger partial charge in [-0.15, -0.1) is 0 Å². The number of amides is 1. The van der Waals surface area contributed by atoms with E-state index in [0.717, 1.165) is 12.0 Å². The van der Waals surface area contributed by atoms with E-state index in [9.17, 15) is 4.79 Å². The van der Waals surface area contributed by atoms with E-state index < -0.39 is 0 Å². The molecule has 0 radical (unpaired) electrons. The summed E-state index contributed by atoms with van der Waals surface area (Å²) in [7, 11) is 0. The molecule has 2 N–H and O–H groups in total. The molecule has 1 fully saturated rings. The van der Waals surface area contributed by atoms with Crippen LogP contribution in [0.5, 0.6) is 0 Å². The lowest BCUT2D eigenvalue weighted by molar-refractivity contribution is -0.140. The van der Waals surface area contributed by atoms with Gasteiger partial charge in [0.1, 0.15) is 0 Å². The average molecular weight is 262 g/mol. The van der Waals surface area contributed by atoms with Gasteiger partial charge < -0.3 is 15.4 Å². The third-order valence-corrected chi connectivity index (χ3v) is 3.64. The van der Waals surface area contributed by atoms with Gasteiger partial charge >= 0.3 is 0 Å². The van der Waals surface area contributed by atoms with Crippen molar-refractivity contribution in [3.8, 4) is 0 Å². The maximum atomic E-state index is 12.3. The molecule has 4 nitrogen and oxygen atoms in total. The Kier molecular flexibility index (Phi) is 4.93. The molecule has 0 aromatic heterocycles. The molecule has 0 bridgehead atoms. The van der Waals surface area contributed by atoms with Crippen LogP contribution in [0.1, 0.15) is 31.4 Å². The topological polar surface area (TPSA) is 55.6 Å². The molecule has 1 aromatic carbocycles. The minimum absolute atomic E-state index is 0.131. The van der Waals surface area contributed by atoms with Gasteiger partial charge in [-0.25, -0.2) is 0 Å². The van der Waals surface area contributed by atoms with Crippen LogP contribution < -0.4 is 5.73 Å². The van der Waals surface area contributed by atoms with Gasteiger partial charge in [-0.05, 0) is 12.0 Å². The molecule has 0 saturated carbocycles. The molecule has 2 unspecified atom stereocenters. The summed E-state index contributed by atoms with van der Waals surface area (Å²) >= 11 is 0. The predicted molar refractivity (Wildman–Crippen MR) is 74.6 cm³/mol. The molecule has 2 rings (SSSR count). The van der Waals surface area contributed by atoms with Crippen molar-refractivity contribution in [3.63, 3.8) is 0 Å². The van der Waals surface area contributed by atoms with Gasteiger partial charge in [0.05, 0.1) is 19.3 Å². The van der Waals surface area contributed by atoms with Crippen LogP contribution in [0.3, 0.4) is 0 Å². The summed E-state index contributed by atoms with van der Waals surface area (Å²) in [6, 6.07) is 9.75. The number of ether oxygens (including phenoxy) is 1. The van der Waals surface area contributed by atoms with Gasteiger partial charge in [0.25, 0.3) is 0 Å². The maximum absolute atomic E-state index is 12.3. The number of morpholine rings is 1. The molecule has 0 aliphatic carbocycles. The number of hydrogen-bond donors (Lipinski definition) is 1. The Morgan fingerprint density at radius 3 is 2.89 bits per heavy atom. The number of hydrogen-bond acceptors (Lipinski definition) is 3. The fourth-order valence-electron chi connectivity index (χ4n) is 2.44. The molecule has 1 heterocycles. The van der Waals surface area contributed by atoms with E-state index in [1.54, 1.807) is 0 Å². The van der Waals surface area contributed by atoms with E-state index in [1.165, 1.54) is 0 Å². The van der Waals surface area contributed by atoms with Crippen molar-refractivity contribution in [2.45, 2.75) is 31.8 Å². The van der Waals surface area contributed by atoms with Gasteiger partial charge in [0.2, 0.25) is 5.91 Å². The van der Waals surface area contributed by atoms with Crippen molar-refractivity contribution in [1.82, 2.24) is 4.90 Å². The Labute approximate surface area is 114 Å². The average Bonchev–Trinajstić information content (AvgIpc) is 2.48. The lowest BCUT2D eigenvalue weighted by Crippen LogP contribution is -2.48. The van der Waals surface area contributed by atoms with Crippen LogP contribution in [0.2, 0.25) is 0 Å². The van der Waals surface area contributed by atoms with Crippen LogP contribution in [0, 0.1) is 0 Å². The van der Waals surface area contributed by atoms with Gasteiger partial charge in [-0.3, -0.25) is 4.79 Å². The quantitative estimate of drug-likeness (QED) is 0.898. The zero-order valence-electron chi connectivity index (χ0n) is 11.4. The largest absolute Gasteiger partial charge is 0.377 e. The summed E-state index contributed by atoms with van der Waals surface area (Å²) in [5.74, 6) is 0.131. The van der Waals surface area contributed by atoms with Crippen molar-refractivity contribution >= 4 is 5.91 Å². The van der Waals surface area contributed by atoms with Crippen LogP contribution in [0.15, 0.2) is 30.3 Å². The Balaban J connectivity index is 1.96. The number of carbonyl (C=O) groups is 1. The third kappa shape index (κ3) is 3.55. The van der Waals surface area contributed by atoms with Gasteiger partial charge in [0.15, 0.2) is 0 Å². The van der Waals surface area contributed by atoms with Crippen molar-refractivity contribution in [2.75, 3.05) is 19.8 Å². The zero-order valence-corrected chi connectivity index (χ0v) is 11.4. The van der Waals surface area contributed by atoms with E-state index in [4.69, 9.17) is 10.5 Å². The smallest absolute Gasteiger partial charge is 0.224 e. The summed E-state index contributed by atoms with van der Waals surface area (Å²) in [5, 5.41) is 0. The Morgan fingerprint density at radius 1 is 1.47 bits per heavy atom. The number of benzene rings is 1. The summed E-state index contributed by atoms with van der Waals surface area (Å²) < 4.78 is 5.42. The minimum atomic E-state index is -0.228. The molecule has 1 aliphatic rings. The molecule has 4 heteroatoms. The van der Waals surface area contributed by atoms with E-state index in [2.05, 4.69) is 6.92 Å². The molecule has 19 heavy (non-hydrogen) atoms. The first-order chi connectivity index (χ1) is 9.22. The van der Waals surface area contributed by atoms with E-state index in [1.807, 2.05) is 35.2 Å². The highest BCUT2D eigenvalue weighted by atomic mass is 16.5. The first kappa shape index (κ1) is 14.0. The van der Waals surface area contributed by atoms with E-state index in [0.29, 0.717) is 26.2 Å². The standard InChI is InChI=1S/C15H22N2O2/c1-2-13-11-19-9-8-17(13)15(18)10-14(16)12-6-4-3-5-7-12/h3-7,13-14H,2,8-11,16H2,1H3. The molecule has 1 amide bonds. The second-order valence-corrected chi connectivity index (χ2v) is 4.95. The second kappa shape index (κ2) is 6.68. The van der Waals surface area contributed by atoms with Gasteiger partial charge in [-0.2, -0.15) is 0 Å². The monoisotopic (exact) mass is 262 g/mol. The fourth-order valence-corrected chi connectivity index (χ4v) is 2.44. The van der Waals surface area contributed by atoms with Crippen LogP contribution in [0.4, 0.5) is 0 Å². The van der Waals surface area contributed by atoms with Crippen LogP contribution in [0.25, 0.3) is 0 Å². The Bertz CT molecular complexity index is 408. The number of nitrogens with zero attached hydrogens (tertiary/aromatic N) is 1. The Hall–Kier alpha value is -1.39. The molecule has 1 aromatic rings. The molecule has 1 aliphatic heterocycles. The highest BCUT2D eigenvalue weighted by molar-refractivity contribution is 5.77. The first-order valence-electron chi connectivity index (χ1n) is 6.90. The van der Waals surface area contributed by atoms with Crippen LogP contribution in [-0.2, 0) is 9.53 Å². The SMILES string of the molecule is CCC1COCCN1C(=O)CC(N)c1ccccc1. The highest BCUT2D eigenvalue weighted by Gasteiger charge is 2.26. The summed E-state index contributed by atoms with van der Waals surface area (Å²) in [6.45, 7) is 4.03. The molecular weight excluding hydrogens is 240 g/mol. The molecule has 1 saturated heterocycles. The van der Waals surface area contributed by atoms with Crippen molar-refractivity contribution in [3.05, 3.63) is 35.9 Å². The minimum Gasteiger partial charge on any atom is -0.377 e. The number of carbonyl (C=O) groups excluding carboxylic acids is 1. The summed E-state index contributed by atoms with van der Waals surface area (Å²) in [4.78, 5) is 14.3.